The van der Waals surface area contributed by atoms with Crippen molar-refractivity contribution in [1.82, 2.24) is 19.9 Å². The van der Waals surface area contributed by atoms with Gasteiger partial charge in [0.15, 0.2) is 5.82 Å². The highest BCUT2D eigenvalue weighted by molar-refractivity contribution is 7.99. The second kappa shape index (κ2) is 6.96. The molecule has 0 aliphatic heterocycles. The number of hydrogen-bond acceptors (Lipinski definition) is 6. The SMILES string of the molecule is CCSC(C)c1noc(-c2ccc(=O)n(-c3ccc(F)cc3)n2)n1. The molecule has 0 N–H and O–H groups in total. The van der Waals surface area contributed by atoms with Gasteiger partial charge in [-0.1, -0.05) is 12.1 Å². The van der Waals surface area contributed by atoms with Crippen molar-refractivity contribution >= 4 is 11.8 Å². The van der Waals surface area contributed by atoms with Crippen molar-refractivity contribution in [3.05, 3.63) is 58.4 Å². The molecule has 2 heterocycles. The van der Waals surface area contributed by atoms with Crippen LogP contribution in [-0.2, 0) is 0 Å². The van der Waals surface area contributed by atoms with Crippen LogP contribution in [0.4, 0.5) is 4.39 Å². The van der Waals surface area contributed by atoms with Crippen molar-refractivity contribution in [2.24, 2.45) is 0 Å². The van der Waals surface area contributed by atoms with Gasteiger partial charge in [0.2, 0.25) is 0 Å². The average molecular weight is 346 g/mol. The van der Waals surface area contributed by atoms with E-state index in [1.807, 2.05) is 6.92 Å². The molecule has 0 saturated carbocycles. The third-order valence-electron chi connectivity index (χ3n) is 3.31. The van der Waals surface area contributed by atoms with Crippen LogP contribution >= 0.6 is 11.8 Å². The van der Waals surface area contributed by atoms with Crippen molar-refractivity contribution < 1.29 is 8.91 Å². The summed E-state index contributed by atoms with van der Waals surface area (Å²) in [6.07, 6.45) is 0. The zero-order valence-electron chi connectivity index (χ0n) is 13.1. The normalized spacial score (nSPS) is 12.3. The van der Waals surface area contributed by atoms with E-state index >= 15 is 0 Å². The van der Waals surface area contributed by atoms with Crippen LogP contribution in [-0.4, -0.2) is 25.7 Å². The number of nitrogens with zero attached hydrogens (tertiary/aromatic N) is 4. The number of thioether (sulfide) groups is 1. The smallest absolute Gasteiger partial charge is 0.278 e. The first-order valence-corrected chi connectivity index (χ1v) is 8.45. The van der Waals surface area contributed by atoms with Crippen molar-refractivity contribution in [3.63, 3.8) is 0 Å². The summed E-state index contributed by atoms with van der Waals surface area (Å²) >= 11 is 1.70. The molecule has 0 bridgehead atoms. The molecule has 1 unspecified atom stereocenters. The van der Waals surface area contributed by atoms with Crippen molar-refractivity contribution in [1.29, 1.82) is 0 Å². The van der Waals surface area contributed by atoms with E-state index in [0.717, 1.165) is 5.75 Å². The molecule has 0 saturated heterocycles. The molecule has 24 heavy (non-hydrogen) atoms. The highest BCUT2D eigenvalue weighted by Gasteiger charge is 2.16. The zero-order valence-corrected chi connectivity index (χ0v) is 14.0. The van der Waals surface area contributed by atoms with Crippen LogP contribution in [0.15, 0.2) is 45.7 Å². The molecule has 3 rings (SSSR count). The predicted molar refractivity (Wildman–Crippen MR) is 89.6 cm³/mol. The van der Waals surface area contributed by atoms with E-state index < -0.39 is 0 Å². The maximum absolute atomic E-state index is 13.0. The highest BCUT2D eigenvalue weighted by atomic mass is 32.2. The third kappa shape index (κ3) is 3.38. The lowest BCUT2D eigenvalue weighted by Crippen LogP contribution is -2.20. The molecule has 124 valence electrons. The molecule has 0 radical (unpaired) electrons. The number of halogens is 1. The first-order valence-electron chi connectivity index (χ1n) is 7.40. The summed E-state index contributed by atoms with van der Waals surface area (Å²) in [5, 5.41) is 8.31. The summed E-state index contributed by atoms with van der Waals surface area (Å²) in [6, 6.07) is 8.38. The second-order valence-electron chi connectivity index (χ2n) is 5.00. The maximum atomic E-state index is 13.0. The Bertz CT molecular complexity index is 892. The minimum Gasteiger partial charge on any atom is -0.332 e. The van der Waals surface area contributed by atoms with Gasteiger partial charge in [0.25, 0.3) is 11.4 Å². The fourth-order valence-electron chi connectivity index (χ4n) is 2.12. The van der Waals surface area contributed by atoms with Gasteiger partial charge in [-0.15, -0.1) is 0 Å². The van der Waals surface area contributed by atoms with Crippen LogP contribution < -0.4 is 5.56 Å². The zero-order chi connectivity index (χ0) is 17.1. The summed E-state index contributed by atoms with van der Waals surface area (Å²) in [5.41, 5.74) is 0.504. The largest absolute Gasteiger partial charge is 0.332 e. The Balaban J connectivity index is 1.97. The maximum Gasteiger partial charge on any atom is 0.278 e. The van der Waals surface area contributed by atoms with Crippen LogP contribution in [0, 0.1) is 5.82 Å². The van der Waals surface area contributed by atoms with Gasteiger partial charge in [-0.3, -0.25) is 4.79 Å². The van der Waals surface area contributed by atoms with E-state index in [4.69, 9.17) is 4.52 Å². The number of hydrogen-bond donors (Lipinski definition) is 0. The Labute approximate surface area is 141 Å². The van der Waals surface area contributed by atoms with Gasteiger partial charge in [0.1, 0.15) is 11.5 Å². The second-order valence-corrected chi connectivity index (χ2v) is 6.62. The van der Waals surface area contributed by atoms with Gasteiger partial charge in [-0.25, -0.2) is 4.39 Å². The van der Waals surface area contributed by atoms with E-state index in [1.165, 1.54) is 41.1 Å². The van der Waals surface area contributed by atoms with E-state index in [2.05, 4.69) is 22.2 Å². The van der Waals surface area contributed by atoms with E-state index in [1.54, 1.807) is 11.8 Å². The molecule has 2 aromatic heterocycles. The van der Waals surface area contributed by atoms with Crippen molar-refractivity contribution in [3.8, 4) is 17.3 Å². The number of aromatic nitrogens is 4. The first-order chi connectivity index (χ1) is 11.6. The molecular formula is C16H15FN4O2S. The molecule has 0 fully saturated rings. The minimum atomic E-state index is -0.382. The highest BCUT2D eigenvalue weighted by Crippen LogP contribution is 2.26. The Morgan fingerprint density at radius 2 is 2.00 bits per heavy atom. The Morgan fingerprint density at radius 1 is 1.25 bits per heavy atom. The lowest BCUT2D eigenvalue weighted by atomic mass is 10.3. The molecule has 1 aromatic carbocycles. The molecule has 0 aliphatic carbocycles. The molecule has 3 aromatic rings. The summed E-state index contributed by atoms with van der Waals surface area (Å²) in [5.74, 6) is 1.38. The van der Waals surface area contributed by atoms with E-state index in [0.29, 0.717) is 17.2 Å². The van der Waals surface area contributed by atoms with Crippen LogP contribution in [0.3, 0.4) is 0 Å². The minimum absolute atomic E-state index is 0.107. The number of benzene rings is 1. The van der Waals surface area contributed by atoms with Crippen LogP contribution in [0.5, 0.6) is 0 Å². The lowest BCUT2D eigenvalue weighted by Gasteiger charge is -2.05. The van der Waals surface area contributed by atoms with Crippen LogP contribution in [0.25, 0.3) is 17.3 Å². The van der Waals surface area contributed by atoms with Crippen molar-refractivity contribution in [2.45, 2.75) is 19.1 Å². The molecule has 8 heteroatoms. The summed E-state index contributed by atoms with van der Waals surface area (Å²) in [6.45, 7) is 4.05. The van der Waals surface area contributed by atoms with E-state index in [9.17, 15) is 9.18 Å². The Hall–Kier alpha value is -2.48. The molecular weight excluding hydrogens is 331 g/mol. The van der Waals surface area contributed by atoms with Gasteiger partial charge in [0, 0.05) is 6.07 Å². The third-order valence-corrected chi connectivity index (χ3v) is 4.36. The molecule has 6 nitrogen and oxygen atoms in total. The van der Waals surface area contributed by atoms with Crippen molar-refractivity contribution in [2.75, 3.05) is 5.75 Å². The summed E-state index contributed by atoms with van der Waals surface area (Å²) < 4.78 is 19.5. The quantitative estimate of drug-likeness (QED) is 0.706. The molecule has 1 atom stereocenters. The number of rotatable bonds is 5. The summed E-state index contributed by atoms with van der Waals surface area (Å²) in [7, 11) is 0. The van der Waals surface area contributed by atoms with Gasteiger partial charge in [0.05, 0.1) is 10.9 Å². The first kappa shape index (κ1) is 16.4. The molecule has 0 amide bonds. The average Bonchev–Trinajstić information content (AvgIpc) is 3.07. The van der Waals surface area contributed by atoms with Gasteiger partial charge < -0.3 is 4.52 Å². The standard InChI is InChI=1S/C16H15FN4O2S/c1-3-24-10(2)15-18-16(23-20-15)13-8-9-14(22)21(19-13)12-6-4-11(17)5-7-12/h4-10H,3H2,1-2H3. The van der Waals surface area contributed by atoms with Gasteiger partial charge >= 0.3 is 0 Å². The fourth-order valence-corrected chi connectivity index (χ4v) is 2.87. The Kier molecular flexibility index (Phi) is 4.75. The monoisotopic (exact) mass is 346 g/mol. The Morgan fingerprint density at radius 3 is 2.71 bits per heavy atom. The topological polar surface area (TPSA) is 73.8 Å². The van der Waals surface area contributed by atoms with E-state index in [-0.39, 0.29) is 22.5 Å². The van der Waals surface area contributed by atoms with Gasteiger partial charge in [-0.05, 0) is 43.0 Å². The fraction of sp³-hybridized carbons (Fsp3) is 0.250. The molecule has 0 spiro atoms. The van der Waals surface area contributed by atoms with Crippen LogP contribution in [0.2, 0.25) is 0 Å². The van der Waals surface area contributed by atoms with Crippen LogP contribution in [0.1, 0.15) is 24.9 Å². The van der Waals surface area contributed by atoms with Gasteiger partial charge in [-0.2, -0.15) is 26.5 Å². The predicted octanol–water partition coefficient (Wildman–Crippen LogP) is 3.24. The summed E-state index contributed by atoms with van der Waals surface area (Å²) in [4.78, 5) is 16.4. The molecule has 0 aliphatic rings. The lowest BCUT2D eigenvalue weighted by molar-refractivity contribution is 0.420.